The lowest BCUT2D eigenvalue weighted by atomic mass is 10.1. The zero-order chi connectivity index (χ0) is 23.6. The van der Waals surface area contributed by atoms with Crippen LogP contribution in [0.15, 0.2) is 70.7 Å². The van der Waals surface area contributed by atoms with E-state index in [1.807, 2.05) is 41.9 Å². The number of rotatable bonds is 11. The van der Waals surface area contributed by atoms with E-state index < -0.39 is 0 Å². The number of nitrogens with one attached hydrogen (secondary N) is 1. The van der Waals surface area contributed by atoms with E-state index in [0.29, 0.717) is 0 Å². The first-order chi connectivity index (χ1) is 16.7. The molecule has 4 rings (SSSR count). The van der Waals surface area contributed by atoms with Gasteiger partial charge in [0.2, 0.25) is 5.91 Å². The van der Waals surface area contributed by atoms with E-state index in [0.717, 1.165) is 72.1 Å². The number of benzene rings is 2. The number of carbonyl (C=O) groups is 1. The minimum atomic E-state index is -0.358. The Labute approximate surface area is 208 Å². The van der Waals surface area contributed by atoms with E-state index in [1.165, 1.54) is 23.8 Å². The van der Waals surface area contributed by atoms with Crippen LogP contribution >= 0.6 is 23.8 Å². The molecule has 1 fully saturated rings. The molecule has 8 nitrogen and oxygen atoms in total. The highest BCUT2D eigenvalue weighted by Crippen LogP contribution is 2.23. The molecular formula is C24H29N5O3S2. The molecule has 1 amide bonds. The molecule has 2 aliphatic rings. The molecule has 0 aliphatic carbocycles. The molecule has 10 heteroatoms. The highest BCUT2D eigenvalue weighted by atomic mass is 32.2. The van der Waals surface area contributed by atoms with E-state index in [1.54, 1.807) is 0 Å². The third-order valence-electron chi connectivity index (χ3n) is 5.57. The molecule has 0 spiro atoms. The number of fused-ring (bicyclic) bond motifs is 1. The maximum Gasteiger partial charge on any atom is 0.224 e. The summed E-state index contributed by atoms with van der Waals surface area (Å²) in [6, 6.07) is 14.1. The minimum absolute atomic E-state index is 0.184. The van der Waals surface area contributed by atoms with Crippen molar-refractivity contribution in [3.05, 3.63) is 65.7 Å². The monoisotopic (exact) mass is 499 g/mol. The van der Waals surface area contributed by atoms with Crippen molar-refractivity contribution in [2.75, 3.05) is 50.5 Å². The van der Waals surface area contributed by atoms with E-state index in [2.05, 4.69) is 38.5 Å². The molecule has 0 aromatic heterocycles. The lowest BCUT2D eigenvalue weighted by Gasteiger charge is -2.34. The van der Waals surface area contributed by atoms with Gasteiger partial charge in [0.1, 0.15) is 0 Å². The van der Waals surface area contributed by atoms with E-state index >= 15 is 0 Å². The first-order valence-electron chi connectivity index (χ1n) is 11.2. The second-order valence-electron chi connectivity index (χ2n) is 8.01. The molecular weight excluding hydrogens is 470 g/mol. The number of anilines is 1. The average molecular weight is 500 g/mol. The fourth-order valence-corrected chi connectivity index (χ4v) is 5.01. The predicted molar refractivity (Wildman–Crippen MR) is 141 cm³/mol. The standard InChI is InChI=1S/C24H29N5O3S2/c25-23(30)16-24-26-17-19(8-14-33-24)18-29-11-9-28(10-12-29)13-15-34-32-31-27-22-7-3-5-20-4-1-2-6-21(20)22/h1-8,14,17,27H,9-13,15-16,18H2,(H2,25,30). The van der Waals surface area contributed by atoms with Gasteiger partial charge in [0.05, 0.1) is 17.2 Å². The summed E-state index contributed by atoms with van der Waals surface area (Å²) in [5.74, 6) is 0.462. The fraction of sp³-hybridized carbons (Fsp3) is 0.333. The van der Waals surface area contributed by atoms with Crippen LogP contribution in [-0.4, -0.2) is 65.8 Å². The van der Waals surface area contributed by atoms with Crippen molar-refractivity contribution in [2.45, 2.75) is 6.42 Å². The quantitative estimate of drug-likeness (QED) is 0.209. The molecule has 0 radical (unpaired) electrons. The van der Waals surface area contributed by atoms with Crippen LogP contribution in [0.4, 0.5) is 5.69 Å². The molecule has 2 aromatic carbocycles. The maximum absolute atomic E-state index is 11.1. The molecule has 1 saturated heterocycles. The van der Waals surface area contributed by atoms with E-state index in [9.17, 15) is 4.79 Å². The Kier molecular flexibility index (Phi) is 9.43. The van der Waals surface area contributed by atoms with Crippen LogP contribution < -0.4 is 11.2 Å². The summed E-state index contributed by atoms with van der Waals surface area (Å²) in [7, 11) is 0. The molecule has 0 saturated carbocycles. The maximum atomic E-state index is 11.1. The van der Waals surface area contributed by atoms with Gasteiger partial charge in [-0.05, 0) is 28.5 Å². The lowest BCUT2D eigenvalue weighted by molar-refractivity contribution is -0.160. The summed E-state index contributed by atoms with van der Waals surface area (Å²) in [4.78, 5) is 25.5. The summed E-state index contributed by atoms with van der Waals surface area (Å²) >= 11 is 2.75. The highest BCUT2D eigenvalue weighted by Gasteiger charge is 2.17. The molecule has 2 aliphatic heterocycles. The Hall–Kier alpha value is -2.34. The van der Waals surface area contributed by atoms with Crippen molar-refractivity contribution in [1.82, 2.24) is 9.80 Å². The van der Waals surface area contributed by atoms with E-state index in [-0.39, 0.29) is 12.3 Å². The van der Waals surface area contributed by atoms with Crippen LogP contribution in [0.5, 0.6) is 0 Å². The number of piperazine rings is 1. The Balaban J connectivity index is 1.10. The summed E-state index contributed by atoms with van der Waals surface area (Å²) < 4.78 is 5.25. The van der Waals surface area contributed by atoms with Crippen molar-refractivity contribution < 1.29 is 14.1 Å². The molecule has 3 N–H and O–H groups in total. The van der Waals surface area contributed by atoms with Gasteiger partial charge in [0, 0.05) is 68.7 Å². The number of amides is 1. The third-order valence-corrected chi connectivity index (χ3v) is 6.88. The van der Waals surface area contributed by atoms with Crippen molar-refractivity contribution in [3.63, 3.8) is 0 Å². The van der Waals surface area contributed by atoms with Crippen LogP contribution in [0.2, 0.25) is 0 Å². The normalized spacial score (nSPS) is 17.3. The Morgan fingerprint density at radius 3 is 2.76 bits per heavy atom. The first-order valence-corrected chi connectivity index (χ1v) is 13.0. The minimum Gasteiger partial charge on any atom is -0.369 e. The van der Waals surface area contributed by atoms with Crippen molar-refractivity contribution in [2.24, 2.45) is 10.7 Å². The number of carbonyl (C=O) groups excluding carboxylic acids is 1. The second kappa shape index (κ2) is 12.9. The van der Waals surface area contributed by atoms with E-state index in [4.69, 9.17) is 15.1 Å². The topological polar surface area (TPSA) is 92.4 Å². The Bertz CT molecular complexity index is 1060. The SMILES string of the molecule is NC(=O)CC1=NC=C(CN2CCN(CCSOONc3cccc4ccccc34)CC2)C=CS1. The number of thioether (sulfide) groups is 1. The molecule has 2 aromatic rings. The molecule has 0 unspecified atom stereocenters. The lowest BCUT2D eigenvalue weighted by Crippen LogP contribution is -2.47. The molecule has 180 valence electrons. The number of aliphatic imine (C=N–C) groups is 1. The molecule has 34 heavy (non-hydrogen) atoms. The number of nitrogens with zero attached hydrogens (tertiary/aromatic N) is 3. The fourth-order valence-electron chi connectivity index (χ4n) is 3.79. The second-order valence-corrected chi connectivity index (χ2v) is 9.77. The van der Waals surface area contributed by atoms with Crippen LogP contribution in [-0.2, 0) is 14.1 Å². The summed E-state index contributed by atoms with van der Waals surface area (Å²) in [6.45, 7) is 5.82. The van der Waals surface area contributed by atoms with Gasteiger partial charge in [0.15, 0.2) is 0 Å². The zero-order valence-electron chi connectivity index (χ0n) is 18.9. The highest BCUT2D eigenvalue weighted by molar-refractivity contribution is 8.16. The van der Waals surface area contributed by atoms with Gasteiger partial charge >= 0.3 is 0 Å². The summed E-state index contributed by atoms with van der Waals surface area (Å²) in [5, 5.41) is 4.95. The zero-order valence-corrected chi connectivity index (χ0v) is 20.5. The van der Waals surface area contributed by atoms with Crippen LogP contribution in [0.25, 0.3) is 10.8 Å². The van der Waals surface area contributed by atoms with Crippen molar-refractivity contribution >= 4 is 51.2 Å². The van der Waals surface area contributed by atoms with Crippen LogP contribution in [0.1, 0.15) is 6.42 Å². The van der Waals surface area contributed by atoms with Gasteiger partial charge in [-0.15, -0.1) is 9.32 Å². The molecule has 2 heterocycles. The van der Waals surface area contributed by atoms with Gasteiger partial charge in [-0.1, -0.05) is 48.2 Å². The predicted octanol–water partition coefficient (Wildman–Crippen LogP) is 3.80. The average Bonchev–Trinajstić information content (AvgIpc) is 3.07. The van der Waals surface area contributed by atoms with Gasteiger partial charge < -0.3 is 5.73 Å². The first kappa shape index (κ1) is 24.8. The Morgan fingerprint density at radius 2 is 1.91 bits per heavy atom. The van der Waals surface area contributed by atoms with Crippen molar-refractivity contribution in [3.8, 4) is 0 Å². The van der Waals surface area contributed by atoms with Gasteiger partial charge in [0.25, 0.3) is 0 Å². The smallest absolute Gasteiger partial charge is 0.224 e. The van der Waals surface area contributed by atoms with Gasteiger partial charge in [-0.2, -0.15) is 0 Å². The third kappa shape index (κ3) is 7.59. The van der Waals surface area contributed by atoms with Gasteiger partial charge in [-0.25, -0.2) is 5.48 Å². The van der Waals surface area contributed by atoms with Gasteiger partial charge in [-0.3, -0.25) is 19.6 Å². The van der Waals surface area contributed by atoms with Crippen molar-refractivity contribution in [1.29, 1.82) is 0 Å². The largest absolute Gasteiger partial charge is 0.369 e. The number of hydrogen-bond donors (Lipinski definition) is 2. The van der Waals surface area contributed by atoms with Crippen LogP contribution in [0, 0.1) is 0 Å². The number of nitrogens with two attached hydrogens (primary N) is 1. The Morgan fingerprint density at radius 1 is 1.12 bits per heavy atom. The number of primary amides is 1. The summed E-state index contributed by atoms with van der Waals surface area (Å²) in [6.07, 6.45) is 4.10. The molecule has 0 atom stereocenters. The molecule has 0 bridgehead atoms. The number of hydrogen-bond acceptors (Lipinski definition) is 9. The van der Waals surface area contributed by atoms with Crippen LogP contribution in [0.3, 0.4) is 0 Å². The summed E-state index contributed by atoms with van der Waals surface area (Å²) in [5.41, 5.74) is 10.2.